The van der Waals surface area contributed by atoms with Gasteiger partial charge in [-0.1, -0.05) is 32.8 Å². The molecule has 5 nitrogen and oxygen atoms in total. The van der Waals surface area contributed by atoms with Crippen molar-refractivity contribution in [3.63, 3.8) is 0 Å². The maximum Gasteiger partial charge on any atom is 0.171 e. The van der Waals surface area contributed by atoms with Crippen LogP contribution in [0.2, 0.25) is 0 Å². The Labute approximate surface area is 194 Å². The van der Waals surface area contributed by atoms with Crippen LogP contribution in [0.25, 0.3) is 10.4 Å². The van der Waals surface area contributed by atoms with Crippen molar-refractivity contribution in [3.8, 4) is 0 Å². The van der Waals surface area contributed by atoms with E-state index in [1.807, 2.05) is 0 Å². The van der Waals surface area contributed by atoms with Gasteiger partial charge in [0, 0.05) is 23.3 Å². The number of hydrogen-bond donors (Lipinski definition) is 0. The molecular weight excluding hydrogens is 398 g/mol. The molecule has 32 heavy (non-hydrogen) atoms. The molecular formula is C27H43N3O2. The molecule has 178 valence electrons. The molecule has 0 amide bonds. The molecule has 0 aromatic rings. The third kappa shape index (κ3) is 2.86. The maximum atomic E-state index is 8.94. The molecule has 5 heteroatoms. The second kappa shape index (κ2) is 7.36. The molecule has 2 saturated heterocycles. The lowest BCUT2D eigenvalue weighted by Crippen LogP contribution is -2.55. The summed E-state index contributed by atoms with van der Waals surface area (Å²) in [6.07, 6.45) is 12.9. The molecule has 4 aliphatic carbocycles. The molecule has 1 spiro atoms. The van der Waals surface area contributed by atoms with Crippen LogP contribution < -0.4 is 0 Å². The van der Waals surface area contributed by atoms with Gasteiger partial charge in [-0.05, 0) is 110 Å². The third-order valence-corrected chi connectivity index (χ3v) is 12.1. The Kier molecular flexibility index (Phi) is 5.00. The van der Waals surface area contributed by atoms with Gasteiger partial charge in [0.15, 0.2) is 5.79 Å². The summed E-state index contributed by atoms with van der Waals surface area (Å²) in [6.45, 7) is 10.9. The molecule has 0 bridgehead atoms. The minimum absolute atomic E-state index is 0.234. The predicted octanol–water partition coefficient (Wildman–Crippen LogP) is 7.11. The normalized spacial score (nSPS) is 58.9. The fourth-order valence-corrected chi connectivity index (χ4v) is 10.4. The van der Waals surface area contributed by atoms with Gasteiger partial charge in [0.05, 0.1) is 12.7 Å². The smallest absolute Gasteiger partial charge is 0.171 e. The highest BCUT2D eigenvalue weighted by Gasteiger charge is 2.69. The van der Waals surface area contributed by atoms with Crippen LogP contribution in [0.1, 0.15) is 91.9 Å². The Hall–Kier alpha value is -0.770. The van der Waals surface area contributed by atoms with Gasteiger partial charge in [-0.25, -0.2) is 0 Å². The first-order valence-corrected chi connectivity index (χ1v) is 13.7. The zero-order valence-corrected chi connectivity index (χ0v) is 20.6. The molecule has 12 atom stereocenters. The molecule has 4 saturated carbocycles. The van der Waals surface area contributed by atoms with Crippen molar-refractivity contribution in [1.82, 2.24) is 0 Å². The minimum Gasteiger partial charge on any atom is -0.349 e. The highest BCUT2D eigenvalue weighted by atomic mass is 16.7. The van der Waals surface area contributed by atoms with E-state index in [1.54, 1.807) is 0 Å². The van der Waals surface area contributed by atoms with Crippen molar-refractivity contribution >= 4 is 0 Å². The first-order valence-electron chi connectivity index (χ1n) is 13.7. The van der Waals surface area contributed by atoms with E-state index in [9.17, 15) is 0 Å². The van der Waals surface area contributed by atoms with Crippen LogP contribution in [0.3, 0.4) is 0 Å². The van der Waals surface area contributed by atoms with Crippen LogP contribution in [-0.4, -0.2) is 24.5 Å². The largest absolute Gasteiger partial charge is 0.349 e. The summed E-state index contributed by atoms with van der Waals surface area (Å²) in [7, 11) is 0. The van der Waals surface area contributed by atoms with Crippen molar-refractivity contribution in [2.75, 3.05) is 6.61 Å². The average Bonchev–Trinajstić information content (AvgIpc) is 3.21. The van der Waals surface area contributed by atoms with Crippen molar-refractivity contribution in [3.05, 3.63) is 10.4 Å². The van der Waals surface area contributed by atoms with Crippen LogP contribution >= 0.6 is 0 Å². The molecule has 6 rings (SSSR count). The third-order valence-electron chi connectivity index (χ3n) is 12.1. The molecule has 0 aromatic heterocycles. The van der Waals surface area contributed by atoms with Crippen LogP contribution in [-0.2, 0) is 9.47 Å². The summed E-state index contributed by atoms with van der Waals surface area (Å²) in [5, 5.41) is 4.12. The lowest BCUT2D eigenvalue weighted by molar-refractivity contribution is -0.273. The van der Waals surface area contributed by atoms with E-state index in [0.717, 1.165) is 49.5 Å². The minimum atomic E-state index is -0.296. The Bertz CT molecular complexity index is 803. The quantitative estimate of drug-likeness (QED) is 0.247. The van der Waals surface area contributed by atoms with Crippen molar-refractivity contribution in [2.24, 2.45) is 57.4 Å². The SMILES string of the molecule is C[C@@H]1CCC2(OC1)OC1CC3C4CCC5C[C@@H](N=[N+]=[N-])CC[C@]5(C)C4CC[C@]3(C)C1[C@@H]2C. The molecule has 6 fully saturated rings. The molecule has 0 radical (unpaired) electrons. The summed E-state index contributed by atoms with van der Waals surface area (Å²) in [5.74, 6) is 4.81. The summed E-state index contributed by atoms with van der Waals surface area (Å²) in [6, 6.07) is 0.234. The van der Waals surface area contributed by atoms with E-state index in [-0.39, 0.29) is 11.8 Å². The van der Waals surface area contributed by atoms with E-state index in [0.29, 0.717) is 34.7 Å². The topological polar surface area (TPSA) is 67.2 Å². The Morgan fingerprint density at radius 1 is 0.906 bits per heavy atom. The first kappa shape index (κ1) is 21.7. The van der Waals surface area contributed by atoms with Gasteiger partial charge in [0.2, 0.25) is 0 Å². The lowest BCUT2D eigenvalue weighted by atomic mass is 9.44. The van der Waals surface area contributed by atoms with Gasteiger partial charge in [-0.2, -0.15) is 0 Å². The highest BCUT2D eigenvalue weighted by Crippen LogP contribution is 2.71. The average molecular weight is 442 g/mol. The number of hydrogen-bond acceptors (Lipinski definition) is 3. The Morgan fingerprint density at radius 3 is 2.47 bits per heavy atom. The zero-order valence-electron chi connectivity index (χ0n) is 20.6. The van der Waals surface area contributed by atoms with Gasteiger partial charge in [0.1, 0.15) is 0 Å². The van der Waals surface area contributed by atoms with E-state index in [2.05, 4.69) is 37.7 Å². The van der Waals surface area contributed by atoms with Gasteiger partial charge in [0.25, 0.3) is 0 Å². The van der Waals surface area contributed by atoms with Crippen LogP contribution in [0.5, 0.6) is 0 Å². The molecule has 2 heterocycles. The standard InChI is InChI=1S/C27H43N3O2/c1-16-7-12-27(31-15-16)17(2)24-23(32-27)14-22-20-6-5-18-13-19(29-30-28)8-10-25(18,3)21(20)9-11-26(22,24)4/h16-24H,5-15H2,1-4H3/t16-,17+,18?,19+,20?,21?,22?,23?,24?,25+,26+,27?/m1/s1. The molecule has 0 aromatic carbocycles. The summed E-state index contributed by atoms with van der Waals surface area (Å²) in [4.78, 5) is 3.13. The number of ether oxygens (including phenoxy) is 2. The van der Waals surface area contributed by atoms with Crippen LogP contribution in [0, 0.1) is 52.3 Å². The summed E-state index contributed by atoms with van der Waals surface area (Å²) >= 11 is 0. The van der Waals surface area contributed by atoms with Crippen molar-refractivity contribution in [2.45, 2.75) is 110 Å². The van der Waals surface area contributed by atoms with E-state index < -0.39 is 0 Å². The second-order valence-electron chi connectivity index (χ2n) is 13.3. The van der Waals surface area contributed by atoms with Crippen molar-refractivity contribution < 1.29 is 9.47 Å². The number of nitrogens with zero attached hydrogens (tertiary/aromatic N) is 3. The lowest BCUT2D eigenvalue weighted by Gasteiger charge is -2.61. The summed E-state index contributed by atoms with van der Waals surface area (Å²) < 4.78 is 13.4. The Morgan fingerprint density at radius 2 is 1.72 bits per heavy atom. The molecule has 2 aliphatic heterocycles. The first-order chi connectivity index (χ1) is 15.3. The summed E-state index contributed by atoms with van der Waals surface area (Å²) in [5.41, 5.74) is 9.79. The van der Waals surface area contributed by atoms with Crippen LogP contribution in [0.4, 0.5) is 0 Å². The monoisotopic (exact) mass is 441 g/mol. The van der Waals surface area contributed by atoms with Crippen LogP contribution in [0.15, 0.2) is 5.11 Å². The van der Waals surface area contributed by atoms with E-state index >= 15 is 0 Å². The van der Waals surface area contributed by atoms with Gasteiger partial charge in [-0.15, -0.1) is 0 Å². The number of rotatable bonds is 1. The fraction of sp³-hybridized carbons (Fsp3) is 1.00. The van der Waals surface area contributed by atoms with E-state index in [1.165, 1.54) is 44.9 Å². The fourth-order valence-electron chi connectivity index (χ4n) is 10.4. The van der Waals surface area contributed by atoms with Crippen molar-refractivity contribution in [1.29, 1.82) is 0 Å². The predicted molar refractivity (Wildman–Crippen MR) is 125 cm³/mol. The zero-order chi connectivity index (χ0) is 22.3. The van der Waals surface area contributed by atoms with Gasteiger partial charge >= 0.3 is 0 Å². The van der Waals surface area contributed by atoms with Gasteiger partial charge < -0.3 is 9.47 Å². The highest BCUT2D eigenvalue weighted by molar-refractivity contribution is 5.15. The second-order valence-corrected chi connectivity index (χ2v) is 13.3. The number of azide groups is 1. The number of fused-ring (bicyclic) bond motifs is 7. The Balaban J connectivity index is 1.23. The molecule has 0 N–H and O–H groups in total. The maximum absolute atomic E-state index is 8.94. The van der Waals surface area contributed by atoms with E-state index in [4.69, 9.17) is 15.0 Å². The molecule has 7 unspecified atom stereocenters. The molecule has 6 aliphatic rings. The van der Waals surface area contributed by atoms with Gasteiger partial charge in [-0.3, -0.25) is 0 Å².